The molecule has 2 aromatic rings. The highest BCUT2D eigenvalue weighted by atomic mass is 35.5. The van der Waals surface area contributed by atoms with Crippen molar-refractivity contribution in [2.45, 2.75) is 37.5 Å². The lowest BCUT2D eigenvalue weighted by Crippen LogP contribution is -2.48. The number of hydrogen-bond acceptors (Lipinski definition) is 6. The molecule has 0 bridgehead atoms. The number of hydrogen-bond donors (Lipinski definition) is 1. The summed E-state index contributed by atoms with van der Waals surface area (Å²) >= 11 is 5.82. The van der Waals surface area contributed by atoms with Crippen molar-refractivity contribution in [2.75, 3.05) is 19.7 Å². The van der Waals surface area contributed by atoms with Gasteiger partial charge < -0.3 is 14.8 Å². The zero-order chi connectivity index (χ0) is 23.3. The molecule has 1 N–H and O–H groups in total. The average Bonchev–Trinajstić information content (AvgIpc) is 2.76. The van der Waals surface area contributed by atoms with Gasteiger partial charge in [-0.15, -0.1) is 0 Å². The fraction of sp³-hybridized carbons (Fsp3) is 0.364. The second kappa shape index (κ2) is 10.4. The van der Waals surface area contributed by atoms with Crippen LogP contribution in [0.15, 0.2) is 53.4 Å². The molecule has 1 aliphatic rings. The summed E-state index contributed by atoms with van der Waals surface area (Å²) in [5.41, 5.74) is 0.893. The van der Waals surface area contributed by atoms with E-state index in [1.165, 1.54) is 28.6 Å². The lowest BCUT2D eigenvalue weighted by Gasteiger charge is -2.34. The van der Waals surface area contributed by atoms with Crippen molar-refractivity contribution in [1.29, 1.82) is 0 Å². The highest BCUT2D eigenvalue weighted by molar-refractivity contribution is 7.89. The number of nitrogens with zero attached hydrogens (tertiary/aromatic N) is 1. The maximum atomic E-state index is 13.0. The van der Waals surface area contributed by atoms with Crippen LogP contribution < -0.4 is 5.32 Å². The highest BCUT2D eigenvalue weighted by Crippen LogP contribution is 2.22. The van der Waals surface area contributed by atoms with E-state index >= 15 is 0 Å². The molecule has 3 rings (SSSR count). The molecule has 1 aliphatic heterocycles. The summed E-state index contributed by atoms with van der Waals surface area (Å²) < 4.78 is 38.0. The Morgan fingerprint density at radius 3 is 2.44 bits per heavy atom. The molecule has 0 aromatic heterocycles. The predicted octanol–water partition coefficient (Wildman–Crippen LogP) is 2.61. The first-order valence-electron chi connectivity index (χ1n) is 10.1. The fourth-order valence-electron chi connectivity index (χ4n) is 3.33. The Morgan fingerprint density at radius 1 is 1.12 bits per heavy atom. The molecule has 0 aliphatic carbocycles. The van der Waals surface area contributed by atoms with Crippen molar-refractivity contribution in [3.05, 3.63) is 64.7 Å². The average molecular weight is 481 g/mol. The molecule has 2 unspecified atom stereocenters. The molecular formula is C22H25ClN2O6S. The third kappa shape index (κ3) is 6.29. The zero-order valence-corrected chi connectivity index (χ0v) is 19.4. The number of morpholine rings is 1. The Balaban J connectivity index is 1.58. The van der Waals surface area contributed by atoms with Gasteiger partial charge in [0, 0.05) is 24.7 Å². The van der Waals surface area contributed by atoms with E-state index in [4.69, 9.17) is 21.1 Å². The molecule has 1 heterocycles. The molecule has 10 heteroatoms. The molecule has 32 heavy (non-hydrogen) atoms. The van der Waals surface area contributed by atoms with Gasteiger partial charge in [0.1, 0.15) is 0 Å². The molecule has 2 aromatic carbocycles. The van der Waals surface area contributed by atoms with Crippen LogP contribution in [-0.4, -0.2) is 56.5 Å². The van der Waals surface area contributed by atoms with Gasteiger partial charge in [-0.3, -0.25) is 4.79 Å². The van der Waals surface area contributed by atoms with E-state index in [1.54, 1.807) is 24.3 Å². The standard InChI is InChI=1S/C22H25ClN2O6S/c1-15-12-25(13-16(2)31-15)32(28,29)20-5-3-4-18(10-20)22(27)30-14-21(26)24-11-17-6-8-19(23)9-7-17/h3-10,15-16H,11-14H2,1-2H3,(H,24,26). The second-order valence-electron chi connectivity index (χ2n) is 7.59. The van der Waals surface area contributed by atoms with Gasteiger partial charge in [0.25, 0.3) is 5.91 Å². The van der Waals surface area contributed by atoms with Gasteiger partial charge in [-0.1, -0.05) is 29.8 Å². The van der Waals surface area contributed by atoms with Crippen LogP contribution in [0.1, 0.15) is 29.8 Å². The number of amides is 1. The number of halogens is 1. The quantitative estimate of drug-likeness (QED) is 0.611. The van der Waals surface area contributed by atoms with E-state index in [-0.39, 0.29) is 42.3 Å². The van der Waals surface area contributed by atoms with Crippen molar-refractivity contribution in [3.8, 4) is 0 Å². The third-order valence-corrected chi connectivity index (χ3v) is 6.91. The van der Waals surface area contributed by atoms with Crippen LogP contribution in [0.5, 0.6) is 0 Å². The van der Waals surface area contributed by atoms with Gasteiger partial charge in [0.2, 0.25) is 10.0 Å². The van der Waals surface area contributed by atoms with Gasteiger partial charge in [-0.05, 0) is 49.7 Å². The third-order valence-electron chi connectivity index (χ3n) is 4.83. The second-order valence-corrected chi connectivity index (χ2v) is 9.96. The summed E-state index contributed by atoms with van der Waals surface area (Å²) in [5.74, 6) is -1.26. The summed E-state index contributed by atoms with van der Waals surface area (Å²) in [7, 11) is -3.80. The SMILES string of the molecule is CC1CN(S(=O)(=O)c2cccc(C(=O)OCC(=O)NCc3ccc(Cl)cc3)c2)CC(C)O1. The number of carbonyl (C=O) groups is 2. The summed E-state index contributed by atoms with van der Waals surface area (Å²) in [4.78, 5) is 24.3. The van der Waals surface area contributed by atoms with Gasteiger partial charge in [0.05, 0.1) is 22.7 Å². The lowest BCUT2D eigenvalue weighted by atomic mass is 10.2. The Labute approximate surface area is 192 Å². The van der Waals surface area contributed by atoms with Gasteiger partial charge >= 0.3 is 5.97 Å². The number of rotatable bonds is 7. The van der Waals surface area contributed by atoms with E-state index in [9.17, 15) is 18.0 Å². The first-order valence-corrected chi connectivity index (χ1v) is 11.9. The van der Waals surface area contributed by atoms with Crippen molar-refractivity contribution >= 4 is 33.5 Å². The monoisotopic (exact) mass is 480 g/mol. The molecule has 1 saturated heterocycles. The molecule has 0 spiro atoms. The summed E-state index contributed by atoms with van der Waals surface area (Å²) in [6.07, 6.45) is -0.457. The topological polar surface area (TPSA) is 102 Å². The zero-order valence-electron chi connectivity index (χ0n) is 17.8. The molecule has 1 amide bonds. The van der Waals surface area contributed by atoms with Crippen LogP contribution in [0.3, 0.4) is 0 Å². The van der Waals surface area contributed by atoms with E-state index < -0.39 is 28.5 Å². The number of nitrogens with one attached hydrogen (secondary N) is 1. The summed E-state index contributed by atoms with van der Waals surface area (Å²) in [6.45, 7) is 3.86. The van der Waals surface area contributed by atoms with E-state index in [0.29, 0.717) is 5.02 Å². The minimum absolute atomic E-state index is 0.0135. The van der Waals surface area contributed by atoms with Gasteiger partial charge in [-0.2, -0.15) is 4.31 Å². The molecule has 8 nitrogen and oxygen atoms in total. The highest BCUT2D eigenvalue weighted by Gasteiger charge is 2.32. The first kappa shape index (κ1) is 24.2. The smallest absolute Gasteiger partial charge is 0.338 e. The Bertz CT molecular complexity index is 1060. The van der Waals surface area contributed by atoms with Crippen LogP contribution in [0.2, 0.25) is 5.02 Å². The Kier molecular flexibility index (Phi) is 7.89. The largest absolute Gasteiger partial charge is 0.452 e. The van der Waals surface area contributed by atoms with Crippen LogP contribution in [0, 0.1) is 0 Å². The number of benzene rings is 2. The van der Waals surface area contributed by atoms with Crippen molar-refractivity contribution in [2.24, 2.45) is 0 Å². The van der Waals surface area contributed by atoms with E-state index in [0.717, 1.165) is 5.56 Å². The molecule has 0 saturated carbocycles. The maximum Gasteiger partial charge on any atom is 0.338 e. The van der Waals surface area contributed by atoms with Gasteiger partial charge in [-0.25, -0.2) is 13.2 Å². The summed E-state index contributed by atoms with van der Waals surface area (Å²) in [5, 5.41) is 3.23. The van der Waals surface area contributed by atoms with Crippen molar-refractivity contribution in [3.63, 3.8) is 0 Å². The normalized spacial score (nSPS) is 19.3. The number of esters is 1. The van der Waals surface area contributed by atoms with Gasteiger partial charge in [0.15, 0.2) is 6.61 Å². The summed E-state index contributed by atoms with van der Waals surface area (Å²) in [6, 6.07) is 12.6. The Hall–Kier alpha value is -2.46. The molecule has 0 radical (unpaired) electrons. The lowest BCUT2D eigenvalue weighted by molar-refractivity contribution is -0.124. The first-order chi connectivity index (χ1) is 15.1. The van der Waals surface area contributed by atoms with Crippen molar-refractivity contribution in [1.82, 2.24) is 9.62 Å². The van der Waals surface area contributed by atoms with Crippen LogP contribution in [-0.2, 0) is 30.8 Å². The predicted molar refractivity (Wildman–Crippen MR) is 119 cm³/mol. The molecular weight excluding hydrogens is 456 g/mol. The minimum atomic E-state index is -3.80. The molecule has 2 atom stereocenters. The van der Waals surface area contributed by atoms with Crippen LogP contribution in [0.4, 0.5) is 0 Å². The van der Waals surface area contributed by atoms with Crippen molar-refractivity contribution < 1.29 is 27.5 Å². The molecule has 1 fully saturated rings. The van der Waals surface area contributed by atoms with Crippen LogP contribution in [0.25, 0.3) is 0 Å². The minimum Gasteiger partial charge on any atom is -0.452 e. The number of carbonyl (C=O) groups excluding carboxylic acids is 2. The van der Waals surface area contributed by atoms with E-state index in [2.05, 4.69) is 5.32 Å². The van der Waals surface area contributed by atoms with Crippen LogP contribution >= 0.6 is 11.6 Å². The Morgan fingerprint density at radius 2 is 1.78 bits per heavy atom. The molecule has 172 valence electrons. The maximum absolute atomic E-state index is 13.0. The number of ether oxygens (including phenoxy) is 2. The fourth-order valence-corrected chi connectivity index (χ4v) is 5.09. The number of sulfonamides is 1. The van der Waals surface area contributed by atoms with E-state index in [1.807, 2.05) is 13.8 Å².